The van der Waals surface area contributed by atoms with Gasteiger partial charge in [0.25, 0.3) is 0 Å². The lowest BCUT2D eigenvalue weighted by Gasteiger charge is -2.22. The highest BCUT2D eigenvalue weighted by atomic mass is 79.9. The average molecular weight is 361 g/mol. The van der Waals surface area contributed by atoms with Gasteiger partial charge in [0, 0.05) is 0 Å². The highest BCUT2D eigenvalue weighted by Gasteiger charge is 2.46. The number of carbonyl (C=O) groups excluding carboxylic acids is 1. The number of nitrogens with zero attached hydrogens (tertiary/aromatic N) is 1. The van der Waals surface area contributed by atoms with E-state index in [-0.39, 0.29) is 24.4 Å². The van der Waals surface area contributed by atoms with Gasteiger partial charge in [-0.1, -0.05) is 0 Å². The van der Waals surface area contributed by atoms with Gasteiger partial charge in [-0.2, -0.15) is 0 Å². The fourth-order valence-electron chi connectivity index (χ4n) is 2.78. The second-order valence-electron chi connectivity index (χ2n) is 5.64. The van der Waals surface area contributed by atoms with E-state index >= 15 is 0 Å². The molecule has 110 valence electrons. The summed E-state index contributed by atoms with van der Waals surface area (Å²) >= 11 is 3.27. The first-order valence-electron chi connectivity index (χ1n) is 6.83. The number of amides is 1. The van der Waals surface area contributed by atoms with Crippen molar-refractivity contribution in [3.63, 3.8) is 0 Å². The van der Waals surface area contributed by atoms with E-state index < -0.39 is 0 Å². The molecule has 1 aromatic heterocycles. The molecule has 2 aliphatic rings. The van der Waals surface area contributed by atoms with Gasteiger partial charge in [-0.15, -0.1) is 12.4 Å². The normalized spacial score (nSPS) is 19.4. The summed E-state index contributed by atoms with van der Waals surface area (Å²) in [7, 11) is 0. The Morgan fingerprint density at radius 3 is 2.35 bits per heavy atom. The van der Waals surface area contributed by atoms with E-state index in [4.69, 9.17) is 5.73 Å². The molecule has 4 nitrogen and oxygen atoms in total. The zero-order valence-corrected chi connectivity index (χ0v) is 13.5. The first kappa shape index (κ1) is 15.7. The molecule has 2 saturated carbocycles. The van der Waals surface area contributed by atoms with E-state index in [0.717, 1.165) is 4.60 Å². The van der Waals surface area contributed by atoms with Crippen LogP contribution in [0.5, 0.6) is 0 Å². The number of pyridine rings is 1. The minimum Gasteiger partial charge on any atom is -0.323 e. The summed E-state index contributed by atoms with van der Waals surface area (Å²) in [6.45, 7) is 0. The van der Waals surface area contributed by atoms with Crippen molar-refractivity contribution < 1.29 is 4.79 Å². The van der Waals surface area contributed by atoms with E-state index in [0.29, 0.717) is 23.4 Å². The molecule has 0 bridgehead atoms. The quantitative estimate of drug-likeness (QED) is 0.793. The number of anilines is 1. The van der Waals surface area contributed by atoms with Gasteiger partial charge in [0.2, 0.25) is 5.91 Å². The van der Waals surface area contributed by atoms with Gasteiger partial charge in [0.1, 0.15) is 4.60 Å². The van der Waals surface area contributed by atoms with Crippen LogP contribution in [-0.2, 0) is 4.79 Å². The third-order valence-electron chi connectivity index (χ3n) is 4.05. The van der Waals surface area contributed by atoms with E-state index in [2.05, 4.69) is 26.2 Å². The molecular formula is C14H19BrClN3O. The summed E-state index contributed by atoms with van der Waals surface area (Å²) in [5.41, 5.74) is 6.88. The van der Waals surface area contributed by atoms with Gasteiger partial charge in [-0.05, 0) is 71.5 Å². The molecule has 2 aliphatic carbocycles. The highest BCUT2D eigenvalue weighted by molar-refractivity contribution is 9.10. The van der Waals surface area contributed by atoms with Crippen LogP contribution in [0.25, 0.3) is 0 Å². The van der Waals surface area contributed by atoms with Gasteiger partial charge < -0.3 is 11.1 Å². The molecular weight excluding hydrogens is 342 g/mol. The molecule has 0 radical (unpaired) electrons. The van der Waals surface area contributed by atoms with Crippen molar-refractivity contribution in [1.82, 2.24) is 4.98 Å². The Labute approximate surface area is 133 Å². The van der Waals surface area contributed by atoms with Crippen molar-refractivity contribution >= 4 is 39.9 Å². The lowest BCUT2D eigenvalue weighted by Crippen LogP contribution is -2.43. The summed E-state index contributed by atoms with van der Waals surface area (Å²) in [5, 5.41) is 2.87. The van der Waals surface area contributed by atoms with Crippen LogP contribution in [0.4, 0.5) is 5.69 Å². The lowest BCUT2D eigenvalue weighted by molar-refractivity contribution is -0.118. The number of halogens is 2. The Morgan fingerprint density at radius 1 is 1.30 bits per heavy atom. The van der Waals surface area contributed by atoms with Gasteiger partial charge >= 0.3 is 0 Å². The molecule has 1 heterocycles. The molecule has 0 spiro atoms. The van der Waals surface area contributed by atoms with E-state index in [1.54, 1.807) is 12.3 Å². The Morgan fingerprint density at radius 2 is 1.90 bits per heavy atom. The number of hydrogen-bond donors (Lipinski definition) is 2. The zero-order chi connectivity index (χ0) is 13.4. The summed E-state index contributed by atoms with van der Waals surface area (Å²) in [6.07, 6.45) is 6.59. The van der Waals surface area contributed by atoms with Crippen molar-refractivity contribution in [3.05, 3.63) is 22.9 Å². The van der Waals surface area contributed by atoms with Crippen LogP contribution in [0.3, 0.4) is 0 Å². The summed E-state index contributed by atoms with van der Waals surface area (Å²) in [5.74, 6) is 1.66. The summed E-state index contributed by atoms with van der Waals surface area (Å²) < 4.78 is 0.753. The predicted molar refractivity (Wildman–Crippen MR) is 84.7 cm³/mol. The Hall–Kier alpha value is -0.650. The second kappa shape index (κ2) is 6.41. The number of aromatic nitrogens is 1. The van der Waals surface area contributed by atoms with Crippen molar-refractivity contribution in [2.24, 2.45) is 23.5 Å². The van der Waals surface area contributed by atoms with Crippen LogP contribution >= 0.6 is 28.3 Å². The van der Waals surface area contributed by atoms with Crippen LogP contribution < -0.4 is 11.1 Å². The van der Waals surface area contributed by atoms with Crippen molar-refractivity contribution in [3.8, 4) is 0 Å². The van der Waals surface area contributed by atoms with Gasteiger partial charge in [-0.25, -0.2) is 4.98 Å². The van der Waals surface area contributed by atoms with Crippen LogP contribution in [0.2, 0.25) is 0 Å². The molecule has 20 heavy (non-hydrogen) atoms. The Balaban J connectivity index is 0.00000147. The first-order chi connectivity index (χ1) is 9.15. The van der Waals surface area contributed by atoms with Crippen molar-refractivity contribution in [2.45, 2.75) is 31.7 Å². The van der Waals surface area contributed by atoms with E-state index in [1.165, 1.54) is 25.7 Å². The molecule has 3 N–H and O–H groups in total. The SMILES string of the molecule is Cl.N[C@H](C(=O)Nc1ccc(Br)nc1)C(C1CC1)C1CC1. The third kappa shape index (κ3) is 3.71. The molecule has 1 atom stereocenters. The number of nitrogens with one attached hydrogen (secondary N) is 1. The maximum Gasteiger partial charge on any atom is 0.241 e. The molecule has 0 unspecified atom stereocenters. The number of rotatable bonds is 5. The molecule has 1 aromatic rings. The molecule has 0 saturated heterocycles. The topological polar surface area (TPSA) is 68.0 Å². The zero-order valence-electron chi connectivity index (χ0n) is 11.1. The van der Waals surface area contributed by atoms with Crippen LogP contribution in [0.15, 0.2) is 22.9 Å². The van der Waals surface area contributed by atoms with Crippen LogP contribution in [0.1, 0.15) is 25.7 Å². The number of carbonyl (C=O) groups is 1. The minimum atomic E-state index is -0.386. The monoisotopic (exact) mass is 359 g/mol. The fourth-order valence-corrected chi connectivity index (χ4v) is 3.02. The third-order valence-corrected chi connectivity index (χ3v) is 4.51. The smallest absolute Gasteiger partial charge is 0.241 e. The van der Waals surface area contributed by atoms with Crippen molar-refractivity contribution in [2.75, 3.05) is 5.32 Å². The van der Waals surface area contributed by atoms with E-state index in [1.807, 2.05) is 6.07 Å². The molecule has 6 heteroatoms. The molecule has 0 aliphatic heterocycles. The van der Waals surface area contributed by atoms with E-state index in [9.17, 15) is 4.79 Å². The second-order valence-corrected chi connectivity index (χ2v) is 6.45. The molecule has 3 rings (SSSR count). The van der Waals surface area contributed by atoms with Crippen molar-refractivity contribution in [1.29, 1.82) is 0 Å². The fraction of sp³-hybridized carbons (Fsp3) is 0.571. The first-order valence-corrected chi connectivity index (χ1v) is 7.62. The van der Waals surface area contributed by atoms with Crippen LogP contribution in [-0.4, -0.2) is 16.9 Å². The largest absolute Gasteiger partial charge is 0.323 e. The number of nitrogens with two attached hydrogens (primary N) is 1. The maximum absolute atomic E-state index is 12.2. The highest BCUT2D eigenvalue weighted by Crippen LogP contribution is 2.50. The van der Waals surface area contributed by atoms with Crippen LogP contribution in [0, 0.1) is 17.8 Å². The molecule has 1 amide bonds. The summed E-state index contributed by atoms with van der Waals surface area (Å²) in [6, 6.07) is 3.24. The Kier molecular flexibility index (Phi) is 5.04. The summed E-state index contributed by atoms with van der Waals surface area (Å²) in [4.78, 5) is 16.3. The van der Waals surface area contributed by atoms with Gasteiger partial charge in [0.15, 0.2) is 0 Å². The molecule has 0 aromatic carbocycles. The average Bonchev–Trinajstić information content (AvgIpc) is 3.25. The lowest BCUT2D eigenvalue weighted by atomic mass is 9.89. The minimum absolute atomic E-state index is 0. The molecule has 2 fully saturated rings. The maximum atomic E-state index is 12.2. The predicted octanol–water partition coefficient (Wildman–Crippen LogP) is 2.97. The van der Waals surface area contributed by atoms with Gasteiger partial charge in [0.05, 0.1) is 17.9 Å². The Bertz CT molecular complexity index is 462. The number of hydrogen-bond acceptors (Lipinski definition) is 3. The standard InChI is InChI=1S/C14H18BrN3O.ClH/c15-11-6-5-10(7-17-11)18-14(19)13(16)12(8-1-2-8)9-3-4-9;/h5-9,12-13H,1-4,16H2,(H,18,19);1H/t13-;/m0./s1. The van der Waals surface area contributed by atoms with Gasteiger partial charge in [-0.3, -0.25) is 4.79 Å².